The number of amides is 1. The number of methoxy groups -OCH3 is 4. The predicted octanol–water partition coefficient (Wildman–Crippen LogP) is 3.56. The lowest BCUT2D eigenvalue weighted by Crippen LogP contribution is -2.32. The van der Waals surface area contributed by atoms with Crippen LogP contribution in [0.15, 0.2) is 30.3 Å². The highest BCUT2D eigenvalue weighted by Gasteiger charge is 2.21. The summed E-state index contributed by atoms with van der Waals surface area (Å²) in [6, 6.07) is 8.72. The molecule has 0 N–H and O–H groups in total. The fourth-order valence-corrected chi connectivity index (χ4v) is 3.45. The van der Waals surface area contributed by atoms with Crippen molar-refractivity contribution in [1.82, 2.24) is 4.90 Å². The van der Waals surface area contributed by atoms with Gasteiger partial charge >= 0.3 is 0 Å². The van der Waals surface area contributed by atoms with Crippen LogP contribution < -0.4 is 18.9 Å². The van der Waals surface area contributed by atoms with Crippen molar-refractivity contribution in [2.75, 3.05) is 41.5 Å². The van der Waals surface area contributed by atoms with Gasteiger partial charge in [-0.3, -0.25) is 9.59 Å². The molecule has 0 saturated carbocycles. The molecule has 7 nitrogen and oxygen atoms in total. The summed E-state index contributed by atoms with van der Waals surface area (Å²) in [7, 11) is 6.15. The van der Waals surface area contributed by atoms with E-state index in [0.717, 1.165) is 5.56 Å². The van der Waals surface area contributed by atoms with Crippen LogP contribution >= 0.6 is 0 Å². The molecule has 0 aliphatic carbocycles. The van der Waals surface area contributed by atoms with Crippen molar-refractivity contribution in [1.29, 1.82) is 0 Å². The van der Waals surface area contributed by atoms with Crippen LogP contribution in [0, 0.1) is 0 Å². The Kier molecular flexibility index (Phi) is 8.73. The number of nitrogens with zero attached hydrogens (tertiary/aromatic N) is 1. The molecule has 0 aliphatic rings. The maximum Gasteiger partial charge on any atom is 0.226 e. The van der Waals surface area contributed by atoms with E-state index in [1.54, 1.807) is 43.4 Å². The first-order chi connectivity index (χ1) is 14.9. The summed E-state index contributed by atoms with van der Waals surface area (Å²) in [6.07, 6.45) is 0.247. The minimum absolute atomic E-state index is 0.0441. The summed E-state index contributed by atoms with van der Waals surface area (Å²) < 4.78 is 21.4. The summed E-state index contributed by atoms with van der Waals surface area (Å²) in [6.45, 7) is 5.08. The Balaban J connectivity index is 2.42. The zero-order valence-corrected chi connectivity index (χ0v) is 19.1. The number of hydrogen-bond donors (Lipinski definition) is 0. The number of carbonyl (C=O) groups is 2. The van der Waals surface area contributed by atoms with Crippen LogP contribution in [0.1, 0.15) is 35.3 Å². The molecule has 2 aromatic rings. The van der Waals surface area contributed by atoms with E-state index in [2.05, 4.69) is 0 Å². The Bertz CT molecular complexity index is 921. The Labute approximate surface area is 183 Å². The van der Waals surface area contributed by atoms with Crippen LogP contribution in [0.2, 0.25) is 0 Å². The van der Waals surface area contributed by atoms with Gasteiger partial charge in [0.1, 0.15) is 0 Å². The SMILES string of the molecule is CCN(CC)C(=O)Cc1cc(OC)c(OC)cc1C(=O)Cc1ccc(OC)c(OC)c1. The lowest BCUT2D eigenvalue weighted by Gasteiger charge is -2.20. The molecule has 0 saturated heterocycles. The molecule has 0 unspecified atom stereocenters. The van der Waals surface area contributed by atoms with E-state index in [9.17, 15) is 9.59 Å². The fourth-order valence-electron chi connectivity index (χ4n) is 3.45. The summed E-state index contributed by atoms with van der Waals surface area (Å²) in [4.78, 5) is 27.7. The second-order valence-corrected chi connectivity index (χ2v) is 6.90. The van der Waals surface area contributed by atoms with Crippen LogP contribution in [-0.2, 0) is 17.6 Å². The van der Waals surface area contributed by atoms with E-state index in [1.165, 1.54) is 14.2 Å². The van der Waals surface area contributed by atoms with Gasteiger partial charge in [0.05, 0.1) is 34.9 Å². The van der Waals surface area contributed by atoms with E-state index in [1.807, 2.05) is 19.9 Å². The first-order valence-electron chi connectivity index (χ1n) is 10.2. The lowest BCUT2D eigenvalue weighted by atomic mass is 9.95. The number of ketones is 1. The minimum Gasteiger partial charge on any atom is -0.493 e. The molecule has 1 amide bonds. The first-order valence-corrected chi connectivity index (χ1v) is 10.2. The van der Waals surface area contributed by atoms with E-state index in [0.29, 0.717) is 47.2 Å². The molecule has 31 heavy (non-hydrogen) atoms. The van der Waals surface area contributed by atoms with Gasteiger partial charge in [0, 0.05) is 25.1 Å². The summed E-state index contributed by atoms with van der Waals surface area (Å²) in [5.41, 5.74) is 1.83. The molecule has 0 bridgehead atoms. The monoisotopic (exact) mass is 429 g/mol. The zero-order valence-electron chi connectivity index (χ0n) is 19.1. The van der Waals surface area contributed by atoms with E-state index < -0.39 is 0 Å². The van der Waals surface area contributed by atoms with Gasteiger partial charge in [-0.2, -0.15) is 0 Å². The van der Waals surface area contributed by atoms with Crippen molar-refractivity contribution in [2.45, 2.75) is 26.7 Å². The minimum atomic E-state index is -0.129. The van der Waals surface area contributed by atoms with Gasteiger partial charge in [0.25, 0.3) is 0 Å². The first kappa shape index (κ1) is 24.1. The smallest absolute Gasteiger partial charge is 0.226 e. The van der Waals surface area contributed by atoms with Crippen molar-refractivity contribution in [3.05, 3.63) is 47.0 Å². The molecular formula is C24H31NO6. The molecule has 2 aromatic carbocycles. The third-order valence-electron chi connectivity index (χ3n) is 5.18. The van der Waals surface area contributed by atoms with Crippen molar-refractivity contribution in [2.24, 2.45) is 0 Å². The number of hydrogen-bond acceptors (Lipinski definition) is 6. The molecule has 168 valence electrons. The number of ether oxygens (including phenoxy) is 4. The third kappa shape index (κ3) is 5.69. The second kappa shape index (κ2) is 11.2. The fraction of sp³-hybridized carbons (Fsp3) is 0.417. The average molecular weight is 430 g/mol. The predicted molar refractivity (Wildman–Crippen MR) is 119 cm³/mol. The summed E-state index contributed by atoms with van der Waals surface area (Å²) in [5, 5.41) is 0. The summed E-state index contributed by atoms with van der Waals surface area (Å²) in [5.74, 6) is 1.89. The van der Waals surface area contributed by atoms with Crippen molar-refractivity contribution in [3.8, 4) is 23.0 Å². The molecule has 7 heteroatoms. The van der Waals surface area contributed by atoms with Crippen LogP contribution in [0.4, 0.5) is 0 Å². The number of likely N-dealkylation sites (N-methyl/N-ethyl adjacent to an activating group) is 1. The third-order valence-corrected chi connectivity index (χ3v) is 5.18. The molecule has 0 aromatic heterocycles. The van der Waals surface area contributed by atoms with Gasteiger partial charge < -0.3 is 23.8 Å². The van der Waals surface area contributed by atoms with Gasteiger partial charge in [-0.15, -0.1) is 0 Å². The molecule has 0 heterocycles. The molecule has 0 atom stereocenters. The number of Topliss-reactive ketones (excluding diaryl/α,β-unsaturated/α-hetero) is 1. The van der Waals surface area contributed by atoms with Gasteiger partial charge in [-0.05, 0) is 49.2 Å². The van der Waals surface area contributed by atoms with Crippen molar-refractivity contribution in [3.63, 3.8) is 0 Å². The Morgan fingerprint density at radius 1 is 0.742 bits per heavy atom. The quantitative estimate of drug-likeness (QED) is 0.509. The van der Waals surface area contributed by atoms with Crippen LogP contribution in [0.25, 0.3) is 0 Å². The highest BCUT2D eigenvalue weighted by Crippen LogP contribution is 2.33. The van der Waals surface area contributed by atoms with Crippen LogP contribution in [0.3, 0.4) is 0 Å². The molecule has 2 rings (SSSR count). The van der Waals surface area contributed by atoms with E-state index in [4.69, 9.17) is 18.9 Å². The molecule has 0 fully saturated rings. The van der Waals surface area contributed by atoms with E-state index >= 15 is 0 Å². The van der Waals surface area contributed by atoms with Gasteiger partial charge in [-0.1, -0.05) is 6.07 Å². The largest absolute Gasteiger partial charge is 0.493 e. The standard InChI is InChI=1S/C24H31NO6/c1-7-25(8-2)24(27)14-17-13-22(30-5)23(31-6)15-18(17)19(26)11-16-9-10-20(28-3)21(12-16)29-4/h9-10,12-13,15H,7-8,11,14H2,1-6H3. The molecule has 0 aliphatic heterocycles. The van der Waals surface area contributed by atoms with Crippen molar-refractivity contribution >= 4 is 11.7 Å². The average Bonchev–Trinajstić information content (AvgIpc) is 2.79. The highest BCUT2D eigenvalue weighted by molar-refractivity contribution is 6.00. The number of carbonyl (C=O) groups excluding carboxylic acids is 2. The second-order valence-electron chi connectivity index (χ2n) is 6.90. The zero-order chi connectivity index (χ0) is 23.0. The van der Waals surface area contributed by atoms with Gasteiger partial charge in [0.15, 0.2) is 28.8 Å². The van der Waals surface area contributed by atoms with Crippen LogP contribution in [0.5, 0.6) is 23.0 Å². The normalized spacial score (nSPS) is 10.4. The molecular weight excluding hydrogens is 398 g/mol. The van der Waals surface area contributed by atoms with Gasteiger partial charge in [0.2, 0.25) is 5.91 Å². The maximum atomic E-state index is 13.3. The molecule has 0 radical (unpaired) electrons. The highest BCUT2D eigenvalue weighted by atomic mass is 16.5. The molecule has 0 spiro atoms. The number of benzene rings is 2. The Morgan fingerprint density at radius 3 is 1.84 bits per heavy atom. The Morgan fingerprint density at radius 2 is 1.29 bits per heavy atom. The number of rotatable bonds is 11. The maximum absolute atomic E-state index is 13.3. The van der Waals surface area contributed by atoms with Gasteiger partial charge in [-0.25, -0.2) is 0 Å². The Hall–Kier alpha value is -3.22. The van der Waals surface area contributed by atoms with Crippen LogP contribution in [-0.4, -0.2) is 58.1 Å². The topological polar surface area (TPSA) is 74.3 Å². The van der Waals surface area contributed by atoms with E-state index in [-0.39, 0.29) is 24.5 Å². The lowest BCUT2D eigenvalue weighted by molar-refractivity contribution is -0.130. The summed E-state index contributed by atoms with van der Waals surface area (Å²) >= 11 is 0. The van der Waals surface area contributed by atoms with Crippen molar-refractivity contribution < 1.29 is 28.5 Å².